The fourth-order valence-electron chi connectivity index (χ4n) is 1.97. The van der Waals surface area contributed by atoms with Crippen LogP contribution in [0, 0.1) is 0 Å². The van der Waals surface area contributed by atoms with Crippen LogP contribution in [0.25, 0.3) is 0 Å². The van der Waals surface area contributed by atoms with Gasteiger partial charge in [0.15, 0.2) is 0 Å². The minimum Gasteiger partial charge on any atom is -0.378 e. The van der Waals surface area contributed by atoms with Crippen molar-refractivity contribution < 1.29 is 9.53 Å². The second kappa shape index (κ2) is 5.98. The van der Waals surface area contributed by atoms with E-state index in [0.717, 1.165) is 32.0 Å². The number of aromatic nitrogens is 2. The minimum absolute atomic E-state index is 0.238. The van der Waals surface area contributed by atoms with Gasteiger partial charge in [0.1, 0.15) is 11.5 Å². The third-order valence-electron chi connectivity index (χ3n) is 3.03. The summed E-state index contributed by atoms with van der Waals surface area (Å²) in [6.45, 7) is 3.21. The molecule has 0 unspecified atom stereocenters. The number of pyridine rings is 1. The number of anilines is 2. The van der Waals surface area contributed by atoms with Crippen LogP contribution < -0.4 is 10.2 Å². The predicted octanol–water partition coefficient (Wildman–Crippen LogP) is 1.63. The maximum atomic E-state index is 11.8. The third kappa shape index (κ3) is 2.94. The smallest absolute Gasteiger partial charge is 0.276 e. The fraction of sp³-hybridized carbons (Fsp3) is 0.308. The van der Waals surface area contributed by atoms with Crippen molar-refractivity contribution in [3.05, 3.63) is 34.9 Å². The van der Waals surface area contributed by atoms with Gasteiger partial charge in [0, 0.05) is 18.5 Å². The Labute approximate surface area is 120 Å². The zero-order valence-corrected chi connectivity index (χ0v) is 11.6. The summed E-state index contributed by atoms with van der Waals surface area (Å²) in [7, 11) is 0. The van der Waals surface area contributed by atoms with E-state index in [9.17, 15) is 4.79 Å². The van der Waals surface area contributed by atoms with Gasteiger partial charge in [-0.2, -0.15) is 0 Å². The van der Waals surface area contributed by atoms with Crippen LogP contribution in [-0.2, 0) is 4.74 Å². The Morgan fingerprint density at radius 1 is 1.30 bits per heavy atom. The fourth-order valence-corrected chi connectivity index (χ4v) is 2.51. The number of hydrogen-bond donors (Lipinski definition) is 1. The first-order chi connectivity index (χ1) is 9.83. The summed E-state index contributed by atoms with van der Waals surface area (Å²) in [5.74, 6) is 0.290. The molecule has 0 aromatic carbocycles. The monoisotopic (exact) mass is 290 g/mol. The normalized spacial score (nSPS) is 15.1. The van der Waals surface area contributed by atoms with Crippen LogP contribution >= 0.6 is 11.3 Å². The van der Waals surface area contributed by atoms with Crippen LogP contribution in [0.15, 0.2) is 29.2 Å². The van der Waals surface area contributed by atoms with E-state index in [4.69, 9.17) is 4.74 Å². The van der Waals surface area contributed by atoms with E-state index in [0.29, 0.717) is 11.5 Å². The number of carbonyl (C=O) groups is 1. The van der Waals surface area contributed by atoms with Crippen molar-refractivity contribution in [3.63, 3.8) is 0 Å². The first kappa shape index (κ1) is 13.0. The lowest BCUT2D eigenvalue weighted by Crippen LogP contribution is -2.36. The minimum atomic E-state index is -0.238. The Morgan fingerprint density at radius 2 is 2.15 bits per heavy atom. The van der Waals surface area contributed by atoms with Crippen molar-refractivity contribution in [1.29, 1.82) is 0 Å². The molecular weight excluding hydrogens is 276 g/mol. The summed E-state index contributed by atoms with van der Waals surface area (Å²) in [4.78, 5) is 22.3. The van der Waals surface area contributed by atoms with E-state index in [2.05, 4.69) is 20.2 Å². The topological polar surface area (TPSA) is 67.4 Å². The van der Waals surface area contributed by atoms with Crippen LogP contribution in [0.4, 0.5) is 11.5 Å². The molecule has 0 saturated carbocycles. The van der Waals surface area contributed by atoms with Crippen LogP contribution in [0.2, 0.25) is 0 Å². The maximum Gasteiger partial charge on any atom is 0.276 e. The molecule has 1 amide bonds. The molecule has 0 aliphatic carbocycles. The molecule has 2 aromatic rings. The van der Waals surface area contributed by atoms with Gasteiger partial charge in [0.05, 0.1) is 30.6 Å². The highest BCUT2D eigenvalue weighted by Gasteiger charge is 2.12. The molecule has 7 heteroatoms. The van der Waals surface area contributed by atoms with E-state index in [1.165, 1.54) is 11.3 Å². The summed E-state index contributed by atoms with van der Waals surface area (Å²) in [6, 6.07) is 3.75. The number of carbonyl (C=O) groups excluding carboxylic acids is 1. The zero-order chi connectivity index (χ0) is 13.8. The molecule has 1 N–H and O–H groups in total. The SMILES string of the molecule is O=C(Nc1ccc(N2CCOCC2)cn1)c1cscn1. The molecule has 0 atom stereocenters. The van der Waals surface area contributed by atoms with Crippen LogP contribution in [0.3, 0.4) is 0 Å². The Morgan fingerprint density at radius 3 is 2.80 bits per heavy atom. The van der Waals surface area contributed by atoms with Crippen molar-refractivity contribution in [2.75, 3.05) is 36.5 Å². The molecule has 0 bridgehead atoms. The molecular formula is C13H14N4O2S. The Bertz CT molecular complexity index is 565. The Balaban J connectivity index is 1.65. The third-order valence-corrected chi connectivity index (χ3v) is 3.62. The summed E-state index contributed by atoms with van der Waals surface area (Å²) >= 11 is 1.39. The van der Waals surface area contributed by atoms with Crippen molar-refractivity contribution >= 4 is 28.7 Å². The van der Waals surface area contributed by atoms with Gasteiger partial charge in [-0.3, -0.25) is 4.79 Å². The molecule has 104 valence electrons. The van der Waals surface area contributed by atoms with E-state index in [1.807, 2.05) is 6.07 Å². The zero-order valence-electron chi connectivity index (χ0n) is 10.8. The number of rotatable bonds is 3. The van der Waals surface area contributed by atoms with Crippen LogP contribution in [0.1, 0.15) is 10.5 Å². The van der Waals surface area contributed by atoms with Gasteiger partial charge in [-0.05, 0) is 12.1 Å². The van der Waals surface area contributed by atoms with Crippen molar-refractivity contribution in [2.45, 2.75) is 0 Å². The second-order valence-corrected chi connectivity index (χ2v) is 5.05. The van der Waals surface area contributed by atoms with Gasteiger partial charge >= 0.3 is 0 Å². The first-order valence-corrected chi connectivity index (χ1v) is 7.25. The molecule has 1 aliphatic rings. The number of ether oxygens (including phenoxy) is 1. The van der Waals surface area contributed by atoms with Crippen LogP contribution in [-0.4, -0.2) is 42.2 Å². The lowest BCUT2D eigenvalue weighted by atomic mass is 10.3. The van der Waals surface area contributed by atoms with Gasteiger partial charge in [-0.1, -0.05) is 0 Å². The van der Waals surface area contributed by atoms with E-state index < -0.39 is 0 Å². The van der Waals surface area contributed by atoms with Gasteiger partial charge in [-0.25, -0.2) is 9.97 Å². The molecule has 20 heavy (non-hydrogen) atoms. The number of hydrogen-bond acceptors (Lipinski definition) is 6. The van der Waals surface area contributed by atoms with E-state index >= 15 is 0 Å². The maximum absolute atomic E-state index is 11.8. The lowest BCUT2D eigenvalue weighted by molar-refractivity contribution is 0.102. The predicted molar refractivity (Wildman–Crippen MR) is 77.3 cm³/mol. The number of nitrogens with zero attached hydrogens (tertiary/aromatic N) is 3. The van der Waals surface area contributed by atoms with Gasteiger partial charge in [0.25, 0.3) is 5.91 Å². The lowest BCUT2D eigenvalue weighted by Gasteiger charge is -2.28. The largest absolute Gasteiger partial charge is 0.378 e. The molecule has 0 radical (unpaired) electrons. The molecule has 3 rings (SSSR count). The summed E-state index contributed by atoms with van der Waals surface area (Å²) < 4.78 is 5.31. The standard InChI is InChI=1S/C13H14N4O2S/c18-13(11-8-20-9-15-11)16-12-2-1-10(7-14-12)17-3-5-19-6-4-17/h1-2,7-9H,3-6H2,(H,14,16,18). The van der Waals surface area contributed by atoms with Crippen molar-refractivity contribution in [1.82, 2.24) is 9.97 Å². The number of amides is 1. The highest BCUT2D eigenvalue weighted by molar-refractivity contribution is 7.07. The Hall–Kier alpha value is -1.99. The van der Waals surface area contributed by atoms with Crippen molar-refractivity contribution in [2.24, 2.45) is 0 Å². The highest BCUT2D eigenvalue weighted by Crippen LogP contribution is 2.16. The second-order valence-electron chi connectivity index (χ2n) is 4.33. The van der Waals surface area contributed by atoms with Gasteiger partial charge < -0.3 is 15.0 Å². The summed E-state index contributed by atoms with van der Waals surface area (Å²) in [5.41, 5.74) is 3.08. The summed E-state index contributed by atoms with van der Waals surface area (Å²) in [6.07, 6.45) is 1.77. The number of nitrogens with one attached hydrogen (secondary N) is 1. The van der Waals surface area contributed by atoms with Gasteiger partial charge in [-0.15, -0.1) is 11.3 Å². The van der Waals surface area contributed by atoms with Crippen molar-refractivity contribution in [3.8, 4) is 0 Å². The molecule has 1 fully saturated rings. The molecule has 1 saturated heterocycles. The quantitative estimate of drug-likeness (QED) is 0.930. The first-order valence-electron chi connectivity index (χ1n) is 6.31. The molecule has 2 aromatic heterocycles. The van der Waals surface area contributed by atoms with Gasteiger partial charge in [0.2, 0.25) is 0 Å². The number of thiazole rings is 1. The molecule has 1 aliphatic heterocycles. The average Bonchev–Trinajstić information content (AvgIpc) is 3.03. The average molecular weight is 290 g/mol. The number of morpholine rings is 1. The molecule has 6 nitrogen and oxygen atoms in total. The van der Waals surface area contributed by atoms with Crippen LogP contribution in [0.5, 0.6) is 0 Å². The van der Waals surface area contributed by atoms with E-state index in [1.54, 1.807) is 23.2 Å². The summed E-state index contributed by atoms with van der Waals surface area (Å²) in [5, 5.41) is 4.43. The molecule has 0 spiro atoms. The van der Waals surface area contributed by atoms with E-state index in [-0.39, 0.29) is 5.91 Å². The molecule has 3 heterocycles. The highest BCUT2D eigenvalue weighted by atomic mass is 32.1. The Kier molecular flexibility index (Phi) is 3.89.